The first kappa shape index (κ1) is 12.3. The number of benzene rings is 1. The van der Waals surface area contributed by atoms with E-state index in [2.05, 4.69) is 19.1 Å². The van der Waals surface area contributed by atoms with Crippen LogP contribution < -0.4 is 5.73 Å². The second-order valence-corrected chi connectivity index (χ2v) is 5.08. The summed E-state index contributed by atoms with van der Waals surface area (Å²) in [6, 6.07) is 10.4. The topological polar surface area (TPSA) is 39.2 Å². The van der Waals surface area contributed by atoms with Crippen molar-refractivity contribution < 1.29 is 4.42 Å². The van der Waals surface area contributed by atoms with Crippen LogP contribution >= 0.6 is 11.8 Å². The van der Waals surface area contributed by atoms with E-state index >= 15 is 0 Å². The standard InChI is InChI=1S/C14H17NOS/c1-3-12(15)11-6-4-5-7-14(11)17-13-8-9-16-10(13)2/h4-9,12H,3,15H2,1-2H3. The molecule has 0 aliphatic rings. The highest BCUT2D eigenvalue weighted by molar-refractivity contribution is 7.99. The van der Waals surface area contributed by atoms with Gasteiger partial charge in [0.25, 0.3) is 0 Å². The monoisotopic (exact) mass is 247 g/mol. The SMILES string of the molecule is CCC(N)c1ccccc1Sc1ccoc1C. The molecular formula is C14H17NOS. The van der Waals surface area contributed by atoms with Crippen LogP contribution in [0.15, 0.2) is 50.8 Å². The number of aryl methyl sites for hydroxylation is 1. The number of nitrogens with two attached hydrogens (primary N) is 1. The van der Waals surface area contributed by atoms with Crippen molar-refractivity contribution in [2.24, 2.45) is 5.73 Å². The van der Waals surface area contributed by atoms with Gasteiger partial charge in [-0.2, -0.15) is 0 Å². The fraction of sp³-hybridized carbons (Fsp3) is 0.286. The van der Waals surface area contributed by atoms with Crippen molar-refractivity contribution >= 4 is 11.8 Å². The van der Waals surface area contributed by atoms with Crippen LogP contribution in [0.4, 0.5) is 0 Å². The molecule has 0 bridgehead atoms. The van der Waals surface area contributed by atoms with E-state index in [1.54, 1.807) is 18.0 Å². The van der Waals surface area contributed by atoms with Gasteiger partial charge in [0.05, 0.1) is 11.2 Å². The predicted octanol–water partition coefficient (Wildman–Crippen LogP) is 4.15. The lowest BCUT2D eigenvalue weighted by atomic mass is 10.1. The zero-order valence-corrected chi connectivity index (χ0v) is 11.0. The third-order valence-electron chi connectivity index (χ3n) is 2.79. The first-order valence-corrected chi connectivity index (χ1v) is 6.60. The van der Waals surface area contributed by atoms with Crippen LogP contribution in [0.25, 0.3) is 0 Å². The quantitative estimate of drug-likeness (QED) is 0.882. The summed E-state index contributed by atoms with van der Waals surface area (Å²) in [4.78, 5) is 2.37. The number of hydrogen-bond acceptors (Lipinski definition) is 3. The van der Waals surface area contributed by atoms with Crippen molar-refractivity contribution in [2.45, 2.75) is 36.1 Å². The van der Waals surface area contributed by atoms with Crippen LogP contribution in [0.2, 0.25) is 0 Å². The van der Waals surface area contributed by atoms with Crippen molar-refractivity contribution in [1.29, 1.82) is 0 Å². The molecule has 1 unspecified atom stereocenters. The summed E-state index contributed by atoms with van der Waals surface area (Å²) in [7, 11) is 0. The highest BCUT2D eigenvalue weighted by atomic mass is 32.2. The fourth-order valence-electron chi connectivity index (χ4n) is 1.70. The minimum atomic E-state index is 0.103. The molecule has 2 nitrogen and oxygen atoms in total. The molecule has 2 rings (SSSR count). The van der Waals surface area contributed by atoms with E-state index < -0.39 is 0 Å². The molecule has 1 atom stereocenters. The Bertz CT molecular complexity index is 492. The molecule has 2 aromatic rings. The summed E-state index contributed by atoms with van der Waals surface area (Å²) in [6.45, 7) is 4.08. The average Bonchev–Trinajstić information content (AvgIpc) is 2.75. The molecule has 0 aliphatic carbocycles. The van der Waals surface area contributed by atoms with Crippen molar-refractivity contribution in [3.8, 4) is 0 Å². The third-order valence-corrected chi connectivity index (χ3v) is 4.02. The highest BCUT2D eigenvalue weighted by Gasteiger charge is 2.11. The normalized spacial score (nSPS) is 12.6. The molecule has 0 saturated heterocycles. The van der Waals surface area contributed by atoms with Gasteiger partial charge in [0.1, 0.15) is 5.76 Å². The lowest BCUT2D eigenvalue weighted by Crippen LogP contribution is -2.09. The maximum atomic E-state index is 6.13. The average molecular weight is 247 g/mol. The Morgan fingerprint density at radius 3 is 2.65 bits per heavy atom. The van der Waals surface area contributed by atoms with E-state index in [-0.39, 0.29) is 6.04 Å². The summed E-state index contributed by atoms with van der Waals surface area (Å²) in [6.07, 6.45) is 2.67. The number of hydrogen-bond donors (Lipinski definition) is 1. The van der Waals surface area contributed by atoms with Crippen molar-refractivity contribution in [3.63, 3.8) is 0 Å². The van der Waals surface area contributed by atoms with Crippen molar-refractivity contribution in [3.05, 3.63) is 47.9 Å². The first-order chi connectivity index (χ1) is 8.22. The van der Waals surface area contributed by atoms with Gasteiger partial charge in [-0.3, -0.25) is 0 Å². The van der Waals surface area contributed by atoms with Crippen LogP contribution in [0.5, 0.6) is 0 Å². The zero-order chi connectivity index (χ0) is 12.3. The van der Waals surface area contributed by atoms with E-state index in [0.29, 0.717) is 0 Å². The molecule has 0 fully saturated rings. The Morgan fingerprint density at radius 1 is 1.24 bits per heavy atom. The second-order valence-electron chi connectivity index (χ2n) is 4.00. The molecule has 0 radical (unpaired) electrons. The Hall–Kier alpha value is -1.19. The van der Waals surface area contributed by atoms with Gasteiger partial charge in [-0.1, -0.05) is 36.9 Å². The van der Waals surface area contributed by atoms with Gasteiger partial charge in [-0.05, 0) is 31.0 Å². The van der Waals surface area contributed by atoms with Gasteiger partial charge in [0.2, 0.25) is 0 Å². The van der Waals surface area contributed by atoms with Crippen LogP contribution in [0.3, 0.4) is 0 Å². The summed E-state index contributed by atoms with van der Waals surface area (Å²) >= 11 is 1.72. The first-order valence-electron chi connectivity index (χ1n) is 5.78. The van der Waals surface area contributed by atoms with E-state index in [0.717, 1.165) is 17.1 Å². The minimum Gasteiger partial charge on any atom is -0.468 e. The third kappa shape index (κ3) is 2.73. The molecule has 0 spiro atoms. The molecule has 1 aromatic heterocycles. The molecule has 0 aliphatic heterocycles. The van der Waals surface area contributed by atoms with E-state index in [4.69, 9.17) is 10.2 Å². The van der Waals surface area contributed by atoms with Gasteiger partial charge in [-0.25, -0.2) is 0 Å². The zero-order valence-electron chi connectivity index (χ0n) is 10.1. The van der Waals surface area contributed by atoms with E-state index in [9.17, 15) is 0 Å². The summed E-state index contributed by atoms with van der Waals surface area (Å²) < 4.78 is 5.31. The van der Waals surface area contributed by atoms with Crippen LogP contribution in [-0.4, -0.2) is 0 Å². The van der Waals surface area contributed by atoms with Crippen molar-refractivity contribution in [1.82, 2.24) is 0 Å². The Kier molecular flexibility index (Phi) is 3.92. The predicted molar refractivity (Wildman–Crippen MR) is 71.2 cm³/mol. The van der Waals surface area contributed by atoms with Gasteiger partial charge in [0, 0.05) is 10.9 Å². The highest BCUT2D eigenvalue weighted by Crippen LogP contribution is 2.35. The largest absolute Gasteiger partial charge is 0.468 e. The maximum Gasteiger partial charge on any atom is 0.114 e. The summed E-state index contributed by atoms with van der Waals surface area (Å²) in [5.74, 6) is 0.954. The molecule has 17 heavy (non-hydrogen) atoms. The van der Waals surface area contributed by atoms with Gasteiger partial charge < -0.3 is 10.2 Å². The molecule has 3 heteroatoms. The van der Waals surface area contributed by atoms with Crippen LogP contribution in [0.1, 0.15) is 30.7 Å². The Balaban J connectivity index is 2.30. The molecular weight excluding hydrogens is 230 g/mol. The molecule has 2 N–H and O–H groups in total. The molecule has 0 saturated carbocycles. The smallest absolute Gasteiger partial charge is 0.114 e. The van der Waals surface area contributed by atoms with Crippen LogP contribution in [-0.2, 0) is 0 Å². The molecule has 0 amide bonds. The molecule has 1 aromatic carbocycles. The van der Waals surface area contributed by atoms with Crippen molar-refractivity contribution in [2.75, 3.05) is 0 Å². The van der Waals surface area contributed by atoms with Gasteiger partial charge in [0.15, 0.2) is 0 Å². The lowest BCUT2D eigenvalue weighted by Gasteiger charge is -2.13. The lowest BCUT2D eigenvalue weighted by molar-refractivity contribution is 0.527. The molecule has 1 heterocycles. The summed E-state index contributed by atoms with van der Waals surface area (Å²) in [5, 5.41) is 0. The summed E-state index contributed by atoms with van der Waals surface area (Å²) in [5.41, 5.74) is 7.33. The maximum absolute atomic E-state index is 6.13. The molecule has 90 valence electrons. The Morgan fingerprint density at radius 2 is 2.00 bits per heavy atom. The number of furan rings is 1. The Labute approximate surface area is 106 Å². The van der Waals surface area contributed by atoms with E-state index in [1.165, 1.54) is 10.5 Å². The van der Waals surface area contributed by atoms with Gasteiger partial charge in [-0.15, -0.1) is 0 Å². The number of rotatable bonds is 4. The van der Waals surface area contributed by atoms with E-state index in [1.807, 2.05) is 25.1 Å². The fourth-order valence-corrected chi connectivity index (χ4v) is 2.73. The minimum absolute atomic E-state index is 0.103. The van der Waals surface area contributed by atoms with Crippen LogP contribution in [0, 0.1) is 6.92 Å². The van der Waals surface area contributed by atoms with Gasteiger partial charge >= 0.3 is 0 Å². The second kappa shape index (κ2) is 5.43.